The summed E-state index contributed by atoms with van der Waals surface area (Å²) in [6.45, 7) is 4.07. The smallest absolute Gasteiger partial charge is 0.246 e. The Balaban J connectivity index is 2.46. The van der Waals surface area contributed by atoms with E-state index in [-0.39, 0.29) is 0 Å². The Kier molecular flexibility index (Phi) is 1.93. The maximum absolute atomic E-state index is 5.62. The van der Waals surface area contributed by atoms with Gasteiger partial charge in [-0.2, -0.15) is 0 Å². The van der Waals surface area contributed by atoms with Crippen LogP contribution in [0.15, 0.2) is 28.7 Å². The minimum Gasteiger partial charge on any atom is -0.441 e. The van der Waals surface area contributed by atoms with Crippen molar-refractivity contribution in [3.63, 3.8) is 0 Å². The van der Waals surface area contributed by atoms with E-state index >= 15 is 0 Å². The van der Waals surface area contributed by atoms with E-state index in [2.05, 4.69) is 16.9 Å². The maximum atomic E-state index is 5.62. The molecule has 0 atom stereocenters. The molecule has 0 fully saturated rings. The third-order valence-corrected chi connectivity index (χ3v) is 2.85. The van der Waals surface area contributed by atoms with Crippen molar-refractivity contribution in [2.75, 3.05) is 0 Å². The lowest BCUT2D eigenvalue weighted by molar-refractivity contribution is 0.563. The molecule has 0 saturated carbocycles. The normalized spacial score (nSPS) is 11.4. The van der Waals surface area contributed by atoms with Gasteiger partial charge in [0, 0.05) is 5.56 Å². The largest absolute Gasteiger partial charge is 0.441 e. The van der Waals surface area contributed by atoms with Crippen molar-refractivity contribution in [1.29, 1.82) is 0 Å². The molecule has 0 aliphatic carbocycles. The second-order valence-corrected chi connectivity index (χ2v) is 3.86. The zero-order valence-corrected chi connectivity index (χ0v) is 9.32. The van der Waals surface area contributed by atoms with E-state index in [0.717, 1.165) is 34.3 Å². The molecule has 3 heteroatoms. The monoisotopic (exact) mass is 212 g/mol. The minimum absolute atomic E-state index is 0.646. The van der Waals surface area contributed by atoms with E-state index in [4.69, 9.17) is 4.42 Å². The number of rotatable bonds is 1. The van der Waals surface area contributed by atoms with Crippen LogP contribution in [0.4, 0.5) is 0 Å². The molecule has 0 unspecified atom stereocenters. The first kappa shape index (κ1) is 9.33. The summed E-state index contributed by atoms with van der Waals surface area (Å²) in [4.78, 5) is 9.09. The van der Waals surface area contributed by atoms with Crippen LogP contribution in [-0.4, -0.2) is 9.97 Å². The summed E-state index contributed by atoms with van der Waals surface area (Å²) >= 11 is 0. The lowest BCUT2D eigenvalue weighted by atomic mass is 10.2. The summed E-state index contributed by atoms with van der Waals surface area (Å²) in [5.74, 6) is 0.924. The summed E-state index contributed by atoms with van der Waals surface area (Å²) in [5.41, 5.74) is 4.51. The van der Waals surface area contributed by atoms with Crippen molar-refractivity contribution in [3.05, 3.63) is 35.6 Å². The van der Waals surface area contributed by atoms with Crippen molar-refractivity contribution in [3.8, 4) is 0 Å². The number of para-hydroxylation sites is 2. The maximum Gasteiger partial charge on any atom is 0.246 e. The SMILES string of the molecule is CCc1c(C)oc2nc3ccccc3nc12. The van der Waals surface area contributed by atoms with Crippen molar-refractivity contribution < 1.29 is 4.42 Å². The molecule has 2 aromatic heterocycles. The molecule has 0 spiro atoms. The van der Waals surface area contributed by atoms with Crippen LogP contribution in [0, 0.1) is 6.92 Å². The Labute approximate surface area is 93.1 Å². The predicted octanol–water partition coefficient (Wildman–Crippen LogP) is 3.25. The van der Waals surface area contributed by atoms with E-state index in [1.165, 1.54) is 0 Å². The average molecular weight is 212 g/mol. The van der Waals surface area contributed by atoms with Crippen LogP contribution in [0.1, 0.15) is 18.2 Å². The highest BCUT2D eigenvalue weighted by atomic mass is 16.3. The van der Waals surface area contributed by atoms with Crippen LogP contribution in [0.3, 0.4) is 0 Å². The molecule has 0 saturated heterocycles. The van der Waals surface area contributed by atoms with Gasteiger partial charge in [-0.25, -0.2) is 9.97 Å². The zero-order chi connectivity index (χ0) is 11.1. The molecule has 2 heterocycles. The molecular weight excluding hydrogens is 200 g/mol. The number of furan rings is 1. The van der Waals surface area contributed by atoms with Gasteiger partial charge >= 0.3 is 0 Å². The number of hydrogen-bond acceptors (Lipinski definition) is 3. The van der Waals surface area contributed by atoms with E-state index in [1.807, 2.05) is 31.2 Å². The van der Waals surface area contributed by atoms with Crippen molar-refractivity contribution >= 4 is 22.3 Å². The van der Waals surface area contributed by atoms with E-state index in [1.54, 1.807) is 0 Å². The first-order valence-electron chi connectivity index (χ1n) is 5.44. The van der Waals surface area contributed by atoms with Gasteiger partial charge in [-0.15, -0.1) is 0 Å². The Morgan fingerprint density at radius 2 is 1.81 bits per heavy atom. The summed E-state index contributed by atoms with van der Waals surface area (Å²) < 4.78 is 5.62. The fourth-order valence-electron chi connectivity index (χ4n) is 2.04. The first-order chi connectivity index (χ1) is 7.79. The fraction of sp³-hybridized carbons (Fsp3) is 0.231. The van der Waals surface area contributed by atoms with Crippen LogP contribution < -0.4 is 0 Å². The number of benzene rings is 1. The van der Waals surface area contributed by atoms with Gasteiger partial charge in [0.05, 0.1) is 11.0 Å². The minimum atomic E-state index is 0.646. The van der Waals surface area contributed by atoms with Crippen LogP contribution in [-0.2, 0) is 6.42 Å². The molecular formula is C13H12N2O. The molecule has 3 rings (SSSR count). The molecule has 80 valence electrons. The lowest BCUT2D eigenvalue weighted by Gasteiger charge is -1.96. The summed E-state index contributed by atoms with van der Waals surface area (Å²) in [7, 11) is 0. The third-order valence-electron chi connectivity index (χ3n) is 2.85. The van der Waals surface area contributed by atoms with Gasteiger partial charge in [0.25, 0.3) is 0 Å². The molecule has 0 radical (unpaired) electrons. The Morgan fingerprint density at radius 3 is 2.50 bits per heavy atom. The second-order valence-electron chi connectivity index (χ2n) is 3.86. The summed E-state index contributed by atoms with van der Waals surface area (Å²) in [6, 6.07) is 7.86. The van der Waals surface area contributed by atoms with E-state index in [9.17, 15) is 0 Å². The lowest BCUT2D eigenvalue weighted by Crippen LogP contribution is -1.87. The quantitative estimate of drug-likeness (QED) is 0.621. The van der Waals surface area contributed by atoms with Crippen molar-refractivity contribution in [2.24, 2.45) is 0 Å². The van der Waals surface area contributed by atoms with Gasteiger partial charge in [0.1, 0.15) is 11.3 Å². The van der Waals surface area contributed by atoms with Crippen LogP contribution in [0.5, 0.6) is 0 Å². The zero-order valence-electron chi connectivity index (χ0n) is 9.32. The highest BCUT2D eigenvalue weighted by Crippen LogP contribution is 2.24. The Morgan fingerprint density at radius 1 is 1.12 bits per heavy atom. The fourth-order valence-corrected chi connectivity index (χ4v) is 2.04. The van der Waals surface area contributed by atoms with Gasteiger partial charge in [0.2, 0.25) is 5.71 Å². The molecule has 0 aliphatic rings. The Hall–Kier alpha value is -1.90. The molecule has 0 bridgehead atoms. The van der Waals surface area contributed by atoms with Crippen LogP contribution >= 0.6 is 0 Å². The first-order valence-corrected chi connectivity index (χ1v) is 5.44. The standard InChI is InChI=1S/C13H12N2O/c1-3-9-8(2)16-13-12(9)14-10-6-4-5-7-11(10)15-13/h4-7H,3H2,1-2H3. The van der Waals surface area contributed by atoms with Crippen LogP contribution in [0.2, 0.25) is 0 Å². The van der Waals surface area contributed by atoms with Gasteiger partial charge in [0.15, 0.2) is 0 Å². The number of hydrogen-bond donors (Lipinski definition) is 0. The van der Waals surface area contributed by atoms with Crippen molar-refractivity contribution in [2.45, 2.75) is 20.3 Å². The molecule has 1 aromatic carbocycles. The van der Waals surface area contributed by atoms with Gasteiger partial charge in [-0.3, -0.25) is 0 Å². The molecule has 0 amide bonds. The number of fused-ring (bicyclic) bond motifs is 2. The molecule has 3 aromatic rings. The molecule has 0 aliphatic heterocycles. The van der Waals surface area contributed by atoms with Gasteiger partial charge in [-0.05, 0) is 25.5 Å². The number of aromatic nitrogens is 2. The highest BCUT2D eigenvalue weighted by Gasteiger charge is 2.12. The number of aryl methyl sites for hydroxylation is 2. The predicted molar refractivity (Wildman–Crippen MR) is 63.4 cm³/mol. The number of nitrogens with zero attached hydrogens (tertiary/aromatic N) is 2. The highest BCUT2D eigenvalue weighted by molar-refractivity contribution is 5.85. The molecule has 16 heavy (non-hydrogen) atoms. The average Bonchev–Trinajstić information content (AvgIpc) is 2.60. The molecule has 0 N–H and O–H groups in total. The summed E-state index contributed by atoms with van der Waals surface area (Å²) in [6.07, 6.45) is 0.922. The Bertz CT molecular complexity index is 670. The summed E-state index contributed by atoms with van der Waals surface area (Å²) in [5, 5.41) is 0. The molecule has 3 nitrogen and oxygen atoms in total. The van der Waals surface area contributed by atoms with Gasteiger partial charge < -0.3 is 4.42 Å². The van der Waals surface area contributed by atoms with Crippen molar-refractivity contribution in [1.82, 2.24) is 9.97 Å². The topological polar surface area (TPSA) is 38.9 Å². The van der Waals surface area contributed by atoms with E-state index in [0.29, 0.717) is 5.71 Å². The van der Waals surface area contributed by atoms with Gasteiger partial charge in [-0.1, -0.05) is 19.1 Å². The van der Waals surface area contributed by atoms with Crippen LogP contribution in [0.25, 0.3) is 22.3 Å². The second kappa shape index (κ2) is 3.30. The third kappa shape index (κ3) is 1.21. The van der Waals surface area contributed by atoms with E-state index < -0.39 is 0 Å².